The molecule has 5 heteroatoms. The van der Waals surface area contributed by atoms with Crippen molar-refractivity contribution in [2.24, 2.45) is 0 Å². The quantitative estimate of drug-likeness (QED) is 0.849. The number of halogens is 1. The monoisotopic (exact) mass is 240 g/mol. The van der Waals surface area contributed by atoms with Gasteiger partial charge in [-0.3, -0.25) is 9.78 Å². The van der Waals surface area contributed by atoms with E-state index in [4.69, 9.17) is 11.6 Å². The Hall–Kier alpha value is -1.13. The summed E-state index contributed by atoms with van der Waals surface area (Å²) < 4.78 is 0. The predicted molar refractivity (Wildman–Crippen MR) is 60.4 cm³/mol. The van der Waals surface area contributed by atoms with Crippen molar-refractivity contribution < 1.29 is 9.90 Å². The molecule has 0 bridgehead atoms. The van der Waals surface area contributed by atoms with Crippen molar-refractivity contribution in [3.8, 4) is 0 Å². The standard InChI is InChI=1S/C11H13ClN2O2/c1-2-11(16)6-14(7-11)10(15)9-5-8(12)3-4-13-9/h3-5,16H,2,6-7H2,1H3. The fraction of sp³-hybridized carbons (Fsp3) is 0.455. The number of nitrogens with zero attached hydrogens (tertiary/aromatic N) is 2. The molecule has 0 unspecified atom stereocenters. The van der Waals surface area contributed by atoms with Crippen LogP contribution in [0.3, 0.4) is 0 Å². The number of amides is 1. The summed E-state index contributed by atoms with van der Waals surface area (Å²) in [6, 6.07) is 3.16. The highest BCUT2D eigenvalue weighted by atomic mass is 35.5. The number of hydrogen-bond acceptors (Lipinski definition) is 3. The maximum Gasteiger partial charge on any atom is 0.272 e. The smallest absolute Gasteiger partial charge is 0.272 e. The molecule has 86 valence electrons. The van der Waals surface area contributed by atoms with E-state index < -0.39 is 5.60 Å². The molecular formula is C11H13ClN2O2. The minimum Gasteiger partial charge on any atom is -0.386 e. The van der Waals surface area contributed by atoms with E-state index in [-0.39, 0.29) is 5.91 Å². The molecule has 1 N–H and O–H groups in total. The third-order valence-corrected chi connectivity index (χ3v) is 3.09. The van der Waals surface area contributed by atoms with Gasteiger partial charge in [0.25, 0.3) is 5.91 Å². The number of aromatic nitrogens is 1. The number of pyridine rings is 1. The molecule has 1 saturated heterocycles. The second kappa shape index (κ2) is 4.03. The van der Waals surface area contributed by atoms with Gasteiger partial charge in [0.05, 0.1) is 18.7 Å². The molecule has 0 radical (unpaired) electrons. The Morgan fingerprint density at radius 2 is 2.38 bits per heavy atom. The summed E-state index contributed by atoms with van der Waals surface area (Å²) in [7, 11) is 0. The van der Waals surface area contributed by atoms with Crippen LogP contribution < -0.4 is 0 Å². The Bertz CT molecular complexity index is 416. The van der Waals surface area contributed by atoms with Crippen LogP contribution in [0.4, 0.5) is 0 Å². The SMILES string of the molecule is CCC1(O)CN(C(=O)c2cc(Cl)ccn2)C1. The lowest BCUT2D eigenvalue weighted by atomic mass is 9.91. The summed E-state index contributed by atoms with van der Waals surface area (Å²) in [4.78, 5) is 17.4. The molecule has 0 saturated carbocycles. The number of β-amino-alcohol motifs (C(OH)–C–C–N with tert-alkyl or cyclic N) is 1. The highest BCUT2D eigenvalue weighted by Crippen LogP contribution is 2.25. The van der Waals surface area contributed by atoms with Gasteiger partial charge in [0.2, 0.25) is 0 Å². The molecule has 2 heterocycles. The van der Waals surface area contributed by atoms with Gasteiger partial charge in [-0.2, -0.15) is 0 Å². The fourth-order valence-corrected chi connectivity index (χ4v) is 1.87. The summed E-state index contributed by atoms with van der Waals surface area (Å²) in [6.07, 6.45) is 2.15. The zero-order chi connectivity index (χ0) is 11.8. The van der Waals surface area contributed by atoms with Crippen molar-refractivity contribution in [2.45, 2.75) is 18.9 Å². The molecule has 4 nitrogen and oxygen atoms in total. The van der Waals surface area contributed by atoms with Crippen LogP contribution in [0.15, 0.2) is 18.3 Å². The van der Waals surface area contributed by atoms with Crippen LogP contribution in [0.1, 0.15) is 23.8 Å². The van der Waals surface area contributed by atoms with Crippen LogP contribution in [-0.4, -0.2) is 39.6 Å². The number of carbonyl (C=O) groups is 1. The zero-order valence-corrected chi connectivity index (χ0v) is 9.74. The molecule has 0 aromatic carbocycles. The molecule has 1 fully saturated rings. The largest absolute Gasteiger partial charge is 0.386 e. The first-order valence-corrected chi connectivity index (χ1v) is 5.55. The first-order chi connectivity index (χ1) is 7.54. The maximum absolute atomic E-state index is 11.9. The topological polar surface area (TPSA) is 53.4 Å². The molecule has 1 aromatic heterocycles. The van der Waals surface area contributed by atoms with Gasteiger partial charge in [-0.05, 0) is 18.6 Å². The van der Waals surface area contributed by atoms with Gasteiger partial charge in [-0.1, -0.05) is 18.5 Å². The lowest BCUT2D eigenvalue weighted by molar-refractivity contribution is -0.0828. The van der Waals surface area contributed by atoms with Crippen LogP contribution >= 0.6 is 11.6 Å². The lowest BCUT2D eigenvalue weighted by Crippen LogP contribution is -2.63. The van der Waals surface area contributed by atoms with E-state index >= 15 is 0 Å². The van der Waals surface area contributed by atoms with E-state index in [1.54, 1.807) is 11.0 Å². The van der Waals surface area contributed by atoms with E-state index in [1.165, 1.54) is 12.3 Å². The fourth-order valence-electron chi connectivity index (χ4n) is 1.72. The van der Waals surface area contributed by atoms with Crippen molar-refractivity contribution in [1.82, 2.24) is 9.88 Å². The Kier molecular flexibility index (Phi) is 2.86. The summed E-state index contributed by atoms with van der Waals surface area (Å²) in [5.41, 5.74) is -0.389. The predicted octanol–water partition coefficient (Wildman–Crippen LogP) is 1.33. The molecule has 2 rings (SSSR count). The Balaban J connectivity index is 2.06. The van der Waals surface area contributed by atoms with Crippen LogP contribution in [0.2, 0.25) is 5.02 Å². The summed E-state index contributed by atoms with van der Waals surface area (Å²) in [5, 5.41) is 10.3. The third-order valence-electron chi connectivity index (χ3n) is 2.86. The molecule has 0 atom stereocenters. The second-order valence-electron chi connectivity index (χ2n) is 4.10. The molecule has 1 aromatic rings. The summed E-state index contributed by atoms with van der Waals surface area (Å²) in [5.74, 6) is -0.180. The summed E-state index contributed by atoms with van der Waals surface area (Å²) in [6.45, 7) is 2.65. The summed E-state index contributed by atoms with van der Waals surface area (Å²) >= 11 is 5.78. The van der Waals surface area contributed by atoms with Gasteiger partial charge in [0, 0.05) is 11.2 Å². The van der Waals surface area contributed by atoms with Crippen LogP contribution in [0, 0.1) is 0 Å². The minimum atomic E-state index is -0.714. The van der Waals surface area contributed by atoms with Crippen LogP contribution in [-0.2, 0) is 0 Å². The zero-order valence-electron chi connectivity index (χ0n) is 8.98. The molecule has 16 heavy (non-hydrogen) atoms. The lowest BCUT2D eigenvalue weighted by Gasteiger charge is -2.45. The van der Waals surface area contributed by atoms with E-state index in [0.29, 0.717) is 30.2 Å². The minimum absolute atomic E-state index is 0.180. The van der Waals surface area contributed by atoms with Crippen molar-refractivity contribution in [2.75, 3.05) is 13.1 Å². The number of carbonyl (C=O) groups excluding carboxylic acids is 1. The van der Waals surface area contributed by atoms with Crippen molar-refractivity contribution in [1.29, 1.82) is 0 Å². The normalized spacial score (nSPS) is 18.1. The molecule has 1 aliphatic heterocycles. The van der Waals surface area contributed by atoms with Crippen molar-refractivity contribution >= 4 is 17.5 Å². The van der Waals surface area contributed by atoms with Crippen molar-refractivity contribution in [3.05, 3.63) is 29.0 Å². The molecule has 1 aliphatic rings. The Labute approximate surface area is 98.9 Å². The third kappa shape index (κ3) is 2.03. The van der Waals surface area contributed by atoms with E-state index in [9.17, 15) is 9.90 Å². The van der Waals surface area contributed by atoms with Gasteiger partial charge < -0.3 is 10.0 Å². The molecule has 0 spiro atoms. The van der Waals surface area contributed by atoms with E-state index in [2.05, 4.69) is 4.98 Å². The number of aliphatic hydroxyl groups is 1. The Morgan fingerprint density at radius 3 is 2.94 bits per heavy atom. The first kappa shape index (κ1) is 11.4. The number of rotatable bonds is 2. The van der Waals surface area contributed by atoms with Crippen LogP contribution in [0.5, 0.6) is 0 Å². The highest BCUT2D eigenvalue weighted by Gasteiger charge is 2.42. The van der Waals surface area contributed by atoms with Gasteiger partial charge in [0.15, 0.2) is 0 Å². The second-order valence-corrected chi connectivity index (χ2v) is 4.53. The van der Waals surface area contributed by atoms with Gasteiger partial charge in [-0.15, -0.1) is 0 Å². The van der Waals surface area contributed by atoms with Crippen LogP contribution in [0.25, 0.3) is 0 Å². The molecular weight excluding hydrogens is 228 g/mol. The first-order valence-electron chi connectivity index (χ1n) is 5.17. The van der Waals surface area contributed by atoms with E-state index in [0.717, 1.165) is 0 Å². The number of likely N-dealkylation sites (tertiary alicyclic amines) is 1. The Morgan fingerprint density at radius 1 is 1.69 bits per heavy atom. The highest BCUT2D eigenvalue weighted by molar-refractivity contribution is 6.30. The molecule has 0 aliphatic carbocycles. The molecule has 1 amide bonds. The average Bonchev–Trinajstić information content (AvgIpc) is 2.24. The van der Waals surface area contributed by atoms with Gasteiger partial charge in [0.1, 0.15) is 5.69 Å². The maximum atomic E-state index is 11.9. The average molecular weight is 241 g/mol. The van der Waals surface area contributed by atoms with Gasteiger partial charge in [-0.25, -0.2) is 0 Å². The van der Waals surface area contributed by atoms with Crippen molar-refractivity contribution in [3.63, 3.8) is 0 Å². The number of hydrogen-bond donors (Lipinski definition) is 1. The van der Waals surface area contributed by atoms with Gasteiger partial charge >= 0.3 is 0 Å². The van der Waals surface area contributed by atoms with E-state index in [1.807, 2.05) is 6.92 Å².